The number of nitriles is 1. The van der Waals surface area contributed by atoms with Crippen LogP contribution in [0.2, 0.25) is 0 Å². The Balaban J connectivity index is 1.50. The van der Waals surface area contributed by atoms with Gasteiger partial charge in [-0.3, -0.25) is 14.6 Å². The van der Waals surface area contributed by atoms with E-state index in [1.54, 1.807) is 37.6 Å². The van der Waals surface area contributed by atoms with Gasteiger partial charge in [-0.1, -0.05) is 12.5 Å². The lowest BCUT2D eigenvalue weighted by molar-refractivity contribution is -0.127. The number of sulfonamides is 1. The van der Waals surface area contributed by atoms with E-state index in [2.05, 4.69) is 16.0 Å². The lowest BCUT2D eigenvalue weighted by Gasteiger charge is -2.41. The van der Waals surface area contributed by atoms with Crippen molar-refractivity contribution in [2.75, 3.05) is 38.2 Å². The molecular formula is C36H37N5O6S. The Labute approximate surface area is 280 Å². The van der Waals surface area contributed by atoms with E-state index in [4.69, 9.17) is 13.9 Å². The zero-order valence-electron chi connectivity index (χ0n) is 27.0. The fraction of sp³-hybridized carbons (Fsp3) is 0.361. The first-order valence-electron chi connectivity index (χ1n) is 16.2. The first-order valence-corrected chi connectivity index (χ1v) is 17.6. The number of carbonyl (C=O) groups is 1. The van der Waals surface area contributed by atoms with Gasteiger partial charge in [0.15, 0.2) is 5.54 Å². The molecule has 0 saturated carbocycles. The molecular weight excluding hydrogens is 630 g/mol. The number of rotatable bonds is 9. The molecule has 2 fully saturated rings. The number of hydrogen-bond acceptors (Lipinski definition) is 10. The summed E-state index contributed by atoms with van der Waals surface area (Å²) in [7, 11) is -1.40. The Morgan fingerprint density at radius 1 is 0.958 bits per heavy atom. The fourth-order valence-electron chi connectivity index (χ4n) is 7.56. The number of amides is 1. The van der Waals surface area contributed by atoms with Gasteiger partial charge in [0.1, 0.15) is 17.8 Å². The van der Waals surface area contributed by atoms with Crippen molar-refractivity contribution in [1.82, 2.24) is 14.8 Å². The number of piperidine rings is 1. The molecule has 4 aromatic rings. The molecule has 11 nitrogen and oxygen atoms in total. The molecule has 4 heterocycles. The number of fused-ring (bicyclic) bond motifs is 1. The molecule has 1 aromatic heterocycles. The van der Waals surface area contributed by atoms with E-state index in [1.807, 2.05) is 23.1 Å². The van der Waals surface area contributed by atoms with Crippen molar-refractivity contribution in [1.29, 1.82) is 5.26 Å². The van der Waals surface area contributed by atoms with E-state index < -0.39 is 27.5 Å². The molecule has 2 atom stereocenters. The number of aromatic nitrogens is 1. The van der Waals surface area contributed by atoms with Gasteiger partial charge in [-0.15, -0.1) is 0 Å². The van der Waals surface area contributed by atoms with Crippen molar-refractivity contribution in [2.45, 2.75) is 55.1 Å². The van der Waals surface area contributed by atoms with Crippen LogP contribution < -0.4 is 13.8 Å². The summed E-state index contributed by atoms with van der Waals surface area (Å²) in [5.41, 5.74) is 0.630. The minimum atomic E-state index is -4.45. The number of likely N-dealkylation sites (tertiary alicyclic amines) is 2. The smallest absolute Gasteiger partial charge is 0.271 e. The Bertz CT molecular complexity index is 1970. The molecule has 3 aromatic carbocycles. The van der Waals surface area contributed by atoms with Gasteiger partial charge in [-0.2, -0.15) is 5.26 Å². The van der Waals surface area contributed by atoms with Crippen LogP contribution >= 0.6 is 0 Å². The average molecular weight is 668 g/mol. The molecule has 3 aliphatic rings. The summed E-state index contributed by atoms with van der Waals surface area (Å²) in [5, 5.41) is 10.1. The van der Waals surface area contributed by atoms with Crippen molar-refractivity contribution in [3.8, 4) is 17.6 Å². The summed E-state index contributed by atoms with van der Waals surface area (Å²) >= 11 is 0. The third-order valence-corrected chi connectivity index (χ3v) is 11.5. The Kier molecular flexibility index (Phi) is 8.45. The van der Waals surface area contributed by atoms with Gasteiger partial charge in [0.05, 0.1) is 48.7 Å². The molecule has 2 saturated heterocycles. The van der Waals surface area contributed by atoms with Crippen molar-refractivity contribution >= 4 is 21.6 Å². The molecule has 1 amide bonds. The monoisotopic (exact) mass is 667 g/mol. The van der Waals surface area contributed by atoms with Gasteiger partial charge < -0.3 is 13.9 Å². The number of hydrogen-bond donors (Lipinski definition) is 0. The van der Waals surface area contributed by atoms with Crippen LogP contribution in [-0.4, -0.2) is 63.0 Å². The zero-order chi connectivity index (χ0) is 33.5. The van der Waals surface area contributed by atoms with Crippen LogP contribution in [0.1, 0.15) is 66.3 Å². The van der Waals surface area contributed by atoms with Gasteiger partial charge in [0, 0.05) is 24.2 Å². The van der Waals surface area contributed by atoms with Crippen LogP contribution in [0.3, 0.4) is 0 Å². The summed E-state index contributed by atoms with van der Waals surface area (Å²) in [6, 6.07) is 18.3. The Morgan fingerprint density at radius 3 is 2.44 bits per heavy atom. The second-order valence-corrected chi connectivity index (χ2v) is 14.2. The molecule has 0 spiro atoms. The van der Waals surface area contributed by atoms with E-state index in [0.717, 1.165) is 35.8 Å². The van der Waals surface area contributed by atoms with E-state index in [9.17, 15) is 13.7 Å². The highest BCUT2D eigenvalue weighted by atomic mass is 32.2. The van der Waals surface area contributed by atoms with Crippen molar-refractivity contribution in [2.24, 2.45) is 0 Å². The third-order valence-electron chi connectivity index (χ3n) is 9.75. The maximum Gasteiger partial charge on any atom is 0.271 e. The summed E-state index contributed by atoms with van der Waals surface area (Å²) in [6.45, 7) is 3.06. The molecule has 3 aliphatic heterocycles. The van der Waals surface area contributed by atoms with Gasteiger partial charge in [-0.25, -0.2) is 17.7 Å². The summed E-state index contributed by atoms with van der Waals surface area (Å²) in [4.78, 5) is 24.4. The van der Waals surface area contributed by atoms with E-state index in [0.29, 0.717) is 60.0 Å². The van der Waals surface area contributed by atoms with Crippen LogP contribution in [0.4, 0.5) is 5.69 Å². The largest absolute Gasteiger partial charge is 0.497 e. The highest BCUT2D eigenvalue weighted by molar-refractivity contribution is 7.93. The molecule has 0 aliphatic carbocycles. The predicted molar refractivity (Wildman–Crippen MR) is 177 cm³/mol. The minimum Gasteiger partial charge on any atom is -0.497 e. The zero-order valence-corrected chi connectivity index (χ0v) is 27.8. The van der Waals surface area contributed by atoms with Crippen LogP contribution in [0, 0.1) is 11.3 Å². The van der Waals surface area contributed by atoms with E-state index >= 15 is 4.79 Å². The van der Waals surface area contributed by atoms with Crippen molar-refractivity contribution < 1.29 is 27.1 Å². The van der Waals surface area contributed by atoms with Crippen LogP contribution in [0.15, 0.2) is 82.4 Å². The first-order chi connectivity index (χ1) is 23.3. The summed E-state index contributed by atoms with van der Waals surface area (Å²) in [5.74, 6) is 0.657. The molecule has 1 unspecified atom stereocenters. The highest BCUT2D eigenvalue weighted by Crippen LogP contribution is 2.56. The topological polar surface area (TPSA) is 129 Å². The number of benzene rings is 3. The van der Waals surface area contributed by atoms with Crippen LogP contribution in [0.25, 0.3) is 0 Å². The lowest BCUT2D eigenvalue weighted by atomic mass is 9.79. The van der Waals surface area contributed by atoms with E-state index in [1.165, 1.54) is 38.0 Å². The molecule has 0 bridgehead atoms. The maximum absolute atomic E-state index is 15.6. The molecule has 12 heteroatoms. The summed E-state index contributed by atoms with van der Waals surface area (Å²) < 4.78 is 47.2. The third kappa shape index (κ3) is 5.13. The number of methoxy groups -OCH3 is 2. The quantitative estimate of drug-likeness (QED) is 0.230. The predicted octanol–water partition coefficient (Wildman–Crippen LogP) is 5.37. The van der Waals surface area contributed by atoms with Crippen molar-refractivity contribution in [3.05, 3.63) is 101 Å². The number of oxazole rings is 1. The standard InChI is InChI=1S/C36H37N5O6S/c1-45-27-10-12-28(13-11-27)48(43,44)41-31-14-8-25(23-37)21-29(31)36(35(41)42,40-19-6-7-32(40)34-38-16-20-47-34)30-22-26(9-15-33(30)46-2)24-39-17-4-3-5-18-39/h8-16,20-22,32H,3-7,17-19,24H2,1-2H3/t32-,36?/m0/s1. The number of anilines is 1. The summed E-state index contributed by atoms with van der Waals surface area (Å²) in [6.07, 6.45) is 7.85. The first kappa shape index (κ1) is 31.9. The number of ether oxygens (including phenoxy) is 2. The fourth-order valence-corrected chi connectivity index (χ4v) is 9.02. The molecule has 0 radical (unpaired) electrons. The van der Waals surface area contributed by atoms with Gasteiger partial charge in [0.25, 0.3) is 15.9 Å². The van der Waals surface area contributed by atoms with E-state index in [-0.39, 0.29) is 10.6 Å². The maximum atomic E-state index is 15.6. The SMILES string of the molecule is COc1ccc(S(=O)(=O)N2C(=O)C(c3cc(CN4CCCCC4)ccc3OC)(N3CCC[C@H]3c3ncco3)c3cc(C#N)ccc32)cc1. The second kappa shape index (κ2) is 12.7. The molecule has 0 N–H and O–H groups in total. The number of nitrogens with zero attached hydrogens (tertiary/aromatic N) is 5. The Hall–Kier alpha value is -4.70. The van der Waals surface area contributed by atoms with Gasteiger partial charge in [0.2, 0.25) is 5.89 Å². The average Bonchev–Trinajstić information content (AvgIpc) is 3.87. The van der Waals surface area contributed by atoms with Gasteiger partial charge >= 0.3 is 0 Å². The molecule has 7 rings (SSSR count). The second-order valence-electron chi connectivity index (χ2n) is 12.4. The van der Waals surface area contributed by atoms with Crippen LogP contribution in [0.5, 0.6) is 11.5 Å². The van der Waals surface area contributed by atoms with Gasteiger partial charge in [-0.05, 0) is 98.9 Å². The number of carbonyl (C=O) groups excluding carboxylic acids is 1. The van der Waals surface area contributed by atoms with Crippen molar-refractivity contribution in [3.63, 3.8) is 0 Å². The highest BCUT2D eigenvalue weighted by Gasteiger charge is 2.63. The lowest BCUT2D eigenvalue weighted by Crippen LogP contribution is -2.54. The molecule has 48 heavy (non-hydrogen) atoms. The Morgan fingerprint density at radius 2 is 1.75 bits per heavy atom. The normalized spacial score (nSPS) is 21.6. The molecule has 248 valence electrons. The van der Waals surface area contributed by atoms with Crippen LogP contribution in [-0.2, 0) is 26.9 Å². The minimum absolute atomic E-state index is 0.0701.